The van der Waals surface area contributed by atoms with Crippen molar-refractivity contribution in [3.05, 3.63) is 28.2 Å². The van der Waals surface area contributed by atoms with Crippen molar-refractivity contribution in [3.8, 4) is 0 Å². The van der Waals surface area contributed by atoms with E-state index in [0.717, 1.165) is 10.2 Å². The Morgan fingerprint density at radius 1 is 1.21 bits per heavy atom. The maximum absolute atomic E-state index is 11.5. The van der Waals surface area contributed by atoms with Gasteiger partial charge < -0.3 is 4.90 Å². The largest absolute Gasteiger partial charge is 0.369 e. The van der Waals surface area contributed by atoms with Gasteiger partial charge in [0.2, 0.25) is 0 Å². The lowest BCUT2D eigenvalue weighted by molar-refractivity contribution is 0.586. The van der Waals surface area contributed by atoms with Crippen LogP contribution in [0.3, 0.4) is 0 Å². The quantitative estimate of drug-likeness (QED) is 0.828. The van der Waals surface area contributed by atoms with Crippen LogP contribution in [0.1, 0.15) is 25.3 Å². The lowest BCUT2D eigenvalue weighted by Crippen LogP contribution is -2.40. The lowest BCUT2D eigenvalue weighted by atomic mass is 9.98. The predicted octanol–water partition coefficient (Wildman–Crippen LogP) is 2.74. The van der Waals surface area contributed by atoms with Crippen molar-refractivity contribution in [2.75, 3.05) is 29.5 Å². The molecular formula is C14H18BrNO2S. The third kappa shape index (κ3) is 2.68. The molecule has 1 aliphatic heterocycles. The highest BCUT2D eigenvalue weighted by atomic mass is 79.9. The first-order valence-electron chi connectivity index (χ1n) is 6.65. The standard InChI is InChI=1S/C14H18BrNO2S/c1-14(4-5-14)11-2-3-13(12(15)10-11)16-6-8-19(17,18)9-7-16/h2-3,10H,4-9H2,1H3. The molecule has 0 spiro atoms. The highest BCUT2D eigenvalue weighted by Crippen LogP contribution is 2.48. The van der Waals surface area contributed by atoms with Crippen LogP contribution in [0.15, 0.2) is 22.7 Å². The van der Waals surface area contributed by atoms with Crippen LogP contribution >= 0.6 is 15.9 Å². The number of halogens is 1. The van der Waals surface area contributed by atoms with Crippen LogP contribution in [0.2, 0.25) is 0 Å². The Kier molecular flexibility index (Phi) is 3.17. The van der Waals surface area contributed by atoms with Gasteiger partial charge in [0.25, 0.3) is 0 Å². The monoisotopic (exact) mass is 343 g/mol. The van der Waals surface area contributed by atoms with Gasteiger partial charge in [-0.2, -0.15) is 0 Å². The van der Waals surface area contributed by atoms with E-state index in [2.05, 4.69) is 46.0 Å². The molecule has 0 bridgehead atoms. The van der Waals surface area contributed by atoms with Crippen molar-refractivity contribution in [3.63, 3.8) is 0 Å². The first-order valence-corrected chi connectivity index (χ1v) is 9.27. The van der Waals surface area contributed by atoms with Crippen molar-refractivity contribution >= 4 is 31.5 Å². The molecule has 1 aromatic carbocycles. The molecule has 2 aliphatic rings. The number of anilines is 1. The summed E-state index contributed by atoms with van der Waals surface area (Å²) >= 11 is 3.64. The Morgan fingerprint density at radius 3 is 2.37 bits per heavy atom. The summed E-state index contributed by atoms with van der Waals surface area (Å²) in [6.45, 7) is 3.48. The van der Waals surface area contributed by atoms with Gasteiger partial charge in [-0.3, -0.25) is 0 Å². The molecule has 0 atom stereocenters. The summed E-state index contributed by atoms with van der Waals surface area (Å²) in [7, 11) is -2.81. The van der Waals surface area contributed by atoms with E-state index in [4.69, 9.17) is 0 Å². The zero-order chi connectivity index (χ0) is 13.7. The number of sulfone groups is 1. The minimum Gasteiger partial charge on any atom is -0.369 e. The average Bonchev–Trinajstić information content (AvgIpc) is 3.09. The van der Waals surface area contributed by atoms with E-state index >= 15 is 0 Å². The van der Waals surface area contributed by atoms with Gasteiger partial charge in [0.05, 0.1) is 17.2 Å². The Bertz CT molecular complexity index is 594. The third-order valence-electron chi connectivity index (χ3n) is 4.33. The molecule has 3 nitrogen and oxygen atoms in total. The third-order valence-corrected chi connectivity index (χ3v) is 6.57. The first-order chi connectivity index (χ1) is 8.90. The van der Waals surface area contributed by atoms with Crippen molar-refractivity contribution in [2.24, 2.45) is 0 Å². The average molecular weight is 344 g/mol. The summed E-state index contributed by atoms with van der Waals surface area (Å²) in [6, 6.07) is 6.52. The van der Waals surface area contributed by atoms with Gasteiger partial charge in [-0.15, -0.1) is 0 Å². The Hall–Kier alpha value is -0.550. The van der Waals surface area contributed by atoms with Gasteiger partial charge in [-0.1, -0.05) is 13.0 Å². The molecule has 1 saturated carbocycles. The van der Waals surface area contributed by atoms with Gasteiger partial charge in [0.15, 0.2) is 9.84 Å². The summed E-state index contributed by atoms with van der Waals surface area (Å²) in [6.07, 6.45) is 2.53. The Labute approximate surface area is 123 Å². The van der Waals surface area contributed by atoms with E-state index in [1.54, 1.807) is 0 Å². The molecule has 2 fully saturated rings. The van der Waals surface area contributed by atoms with E-state index in [-0.39, 0.29) is 11.5 Å². The Morgan fingerprint density at radius 2 is 1.84 bits per heavy atom. The molecule has 104 valence electrons. The molecule has 0 amide bonds. The van der Waals surface area contributed by atoms with E-state index in [1.165, 1.54) is 18.4 Å². The number of nitrogens with zero attached hydrogens (tertiary/aromatic N) is 1. The van der Waals surface area contributed by atoms with Crippen molar-refractivity contribution in [1.29, 1.82) is 0 Å². The maximum atomic E-state index is 11.5. The van der Waals surface area contributed by atoms with Crippen LogP contribution in [0.25, 0.3) is 0 Å². The fourth-order valence-electron chi connectivity index (χ4n) is 2.57. The van der Waals surface area contributed by atoms with Gasteiger partial charge in [0, 0.05) is 17.6 Å². The number of hydrogen-bond donors (Lipinski definition) is 0. The van der Waals surface area contributed by atoms with Crippen molar-refractivity contribution in [2.45, 2.75) is 25.2 Å². The van der Waals surface area contributed by atoms with Crippen LogP contribution < -0.4 is 4.90 Å². The number of benzene rings is 1. The minimum atomic E-state index is -2.81. The van der Waals surface area contributed by atoms with Gasteiger partial charge in [-0.25, -0.2) is 8.42 Å². The molecule has 1 aliphatic carbocycles. The zero-order valence-corrected chi connectivity index (χ0v) is 13.4. The zero-order valence-electron chi connectivity index (χ0n) is 11.0. The second kappa shape index (κ2) is 4.48. The van der Waals surface area contributed by atoms with E-state index < -0.39 is 9.84 Å². The smallest absolute Gasteiger partial charge is 0.153 e. The fourth-order valence-corrected chi connectivity index (χ4v) is 4.40. The SMILES string of the molecule is CC1(c2ccc(N3CCS(=O)(=O)CC3)c(Br)c2)CC1. The molecule has 0 radical (unpaired) electrons. The molecule has 0 aromatic heterocycles. The molecule has 3 rings (SSSR count). The first kappa shape index (κ1) is 13.4. The second-order valence-corrected chi connectivity index (χ2v) is 9.02. The predicted molar refractivity (Wildman–Crippen MR) is 81.6 cm³/mol. The van der Waals surface area contributed by atoms with E-state index in [1.807, 2.05) is 0 Å². The molecule has 1 heterocycles. The lowest BCUT2D eigenvalue weighted by Gasteiger charge is -2.30. The van der Waals surface area contributed by atoms with Gasteiger partial charge >= 0.3 is 0 Å². The van der Waals surface area contributed by atoms with Crippen LogP contribution in [0.5, 0.6) is 0 Å². The summed E-state index contributed by atoms with van der Waals surface area (Å²) < 4.78 is 24.0. The highest BCUT2D eigenvalue weighted by Gasteiger charge is 2.39. The topological polar surface area (TPSA) is 37.4 Å². The van der Waals surface area contributed by atoms with Crippen LogP contribution in [0.4, 0.5) is 5.69 Å². The van der Waals surface area contributed by atoms with Crippen LogP contribution in [-0.4, -0.2) is 33.0 Å². The van der Waals surface area contributed by atoms with E-state index in [9.17, 15) is 8.42 Å². The van der Waals surface area contributed by atoms with Crippen LogP contribution in [0, 0.1) is 0 Å². The number of rotatable bonds is 2. The normalized spacial score (nSPS) is 24.2. The minimum absolute atomic E-state index is 0.263. The van der Waals surface area contributed by atoms with Gasteiger partial charge in [0.1, 0.15) is 0 Å². The summed E-state index contributed by atoms with van der Waals surface area (Å²) in [5, 5.41) is 0. The summed E-state index contributed by atoms with van der Waals surface area (Å²) in [5.41, 5.74) is 2.86. The fraction of sp³-hybridized carbons (Fsp3) is 0.571. The van der Waals surface area contributed by atoms with Crippen LogP contribution in [-0.2, 0) is 15.3 Å². The molecule has 0 unspecified atom stereocenters. The molecule has 19 heavy (non-hydrogen) atoms. The molecular weight excluding hydrogens is 326 g/mol. The molecule has 1 aromatic rings. The number of hydrogen-bond acceptors (Lipinski definition) is 3. The maximum Gasteiger partial charge on any atom is 0.153 e. The molecule has 5 heteroatoms. The Balaban J connectivity index is 1.82. The van der Waals surface area contributed by atoms with Crippen molar-refractivity contribution < 1.29 is 8.42 Å². The van der Waals surface area contributed by atoms with E-state index in [0.29, 0.717) is 18.5 Å². The molecule has 1 saturated heterocycles. The highest BCUT2D eigenvalue weighted by molar-refractivity contribution is 9.10. The molecule has 0 N–H and O–H groups in total. The summed E-state index contributed by atoms with van der Waals surface area (Å²) in [4.78, 5) is 2.16. The van der Waals surface area contributed by atoms with Gasteiger partial charge in [-0.05, 0) is 51.9 Å². The van der Waals surface area contributed by atoms with Crippen molar-refractivity contribution in [1.82, 2.24) is 0 Å². The summed E-state index contributed by atoms with van der Waals surface area (Å²) in [5.74, 6) is 0.526. The second-order valence-electron chi connectivity index (χ2n) is 5.87.